The highest BCUT2D eigenvalue weighted by Crippen LogP contribution is 2.20. The van der Waals surface area contributed by atoms with Crippen LogP contribution in [0, 0.1) is 0 Å². The minimum Gasteiger partial charge on any atom is -0.374 e. The average Bonchev–Trinajstić information content (AvgIpc) is 2.32. The number of hydrogen-bond donors (Lipinski definition) is 1. The summed E-state index contributed by atoms with van der Waals surface area (Å²) < 4.78 is 5.90. The molecule has 0 amide bonds. The molecule has 1 N–H and O–H groups in total. The Morgan fingerprint density at radius 2 is 1.61 bits per heavy atom. The van der Waals surface area contributed by atoms with Gasteiger partial charge in [0, 0.05) is 12.6 Å². The minimum atomic E-state index is -0.0469. The van der Waals surface area contributed by atoms with E-state index in [2.05, 4.69) is 39.9 Å². The molecule has 0 fully saturated rings. The Bertz CT molecular complexity index is 180. The lowest BCUT2D eigenvalue weighted by Gasteiger charge is -2.35. The van der Waals surface area contributed by atoms with Gasteiger partial charge < -0.3 is 10.1 Å². The van der Waals surface area contributed by atoms with Gasteiger partial charge in [-0.2, -0.15) is 0 Å². The fourth-order valence-corrected chi connectivity index (χ4v) is 2.44. The summed E-state index contributed by atoms with van der Waals surface area (Å²) in [6, 6.07) is 0.485. The molecular formula is C16H35NO. The van der Waals surface area contributed by atoms with E-state index < -0.39 is 0 Å². The first kappa shape index (κ1) is 17.9. The molecule has 0 bridgehead atoms. The van der Waals surface area contributed by atoms with Crippen molar-refractivity contribution in [2.24, 2.45) is 0 Å². The highest BCUT2D eigenvalue weighted by atomic mass is 16.5. The van der Waals surface area contributed by atoms with Crippen molar-refractivity contribution in [1.82, 2.24) is 5.32 Å². The summed E-state index contributed by atoms with van der Waals surface area (Å²) in [5.74, 6) is 0. The van der Waals surface area contributed by atoms with Crippen molar-refractivity contribution >= 4 is 0 Å². The Morgan fingerprint density at radius 3 is 2.17 bits per heavy atom. The lowest BCUT2D eigenvalue weighted by atomic mass is 9.92. The second kappa shape index (κ2) is 10.8. The van der Waals surface area contributed by atoms with Crippen molar-refractivity contribution in [3.63, 3.8) is 0 Å². The lowest BCUT2D eigenvalue weighted by molar-refractivity contribution is -0.0405. The van der Waals surface area contributed by atoms with Crippen molar-refractivity contribution in [3.05, 3.63) is 0 Å². The number of rotatable bonds is 12. The van der Waals surface area contributed by atoms with E-state index >= 15 is 0 Å². The fourth-order valence-electron chi connectivity index (χ4n) is 2.44. The predicted molar refractivity (Wildman–Crippen MR) is 81.2 cm³/mol. The topological polar surface area (TPSA) is 21.3 Å². The molecule has 0 saturated carbocycles. The van der Waals surface area contributed by atoms with E-state index in [1.807, 2.05) is 0 Å². The van der Waals surface area contributed by atoms with Crippen LogP contribution in [0.1, 0.15) is 79.6 Å². The maximum atomic E-state index is 5.90. The maximum absolute atomic E-state index is 5.90. The average molecular weight is 257 g/mol. The van der Waals surface area contributed by atoms with E-state index in [1.165, 1.54) is 44.9 Å². The van der Waals surface area contributed by atoms with E-state index in [-0.39, 0.29) is 5.60 Å². The van der Waals surface area contributed by atoms with E-state index in [9.17, 15) is 0 Å². The van der Waals surface area contributed by atoms with Crippen LogP contribution in [0.25, 0.3) is 0 Å². The van der Waals surface area contributed by atoms with Gasteiger partial charge in [-0.15, -0.1) is 0 Å². The molecule has 1 atom stereocenters. The zero-order valence-electron chi connectivity index (χ0n) is 13.3. The highest BCUT2D eigenvalue weighted by Gasteiger charge is 2.28. The SMILES string of the molecule is CCCCCCCC(NCCC)C(C)(C)OCC. The van der Waals surface area contributed by atoms with Gasteiger partial charge in [0.05, 0.1) is 5.60 Å². The highest BCUT2D eigenvalue weighted by molar-refractivity contribution is 4.85. The number of hydrogen-bond acceptors (Lipinski definition) is 2. The molecule has 1 unspecified atom stereocenters. The first-order valence-electron chi connectivity index (χ1n) is 7.95. The molecule has 0 aliphatic rings. The van der Waals surface area contributed by atoms with Gasteiger partial charge in [0.2, 0.25) is 0 Å². The van der Waals surface area contributed by atoms with Crippen molar-refractivity contribution < 1.29 is 4.74 Å². The molecule has 18 heavy (non-hydrogen) atoms. The molecular weight excluding hydrogens is 222 g/mol. The van der Waals surface area contributed by atoms with Gasteiger partial charge in [-0.1, -0.05) is 46.0 Å². The zero-order valence-corrected chi connectivity index (χ0v) is 13.3. The van der Waals surface area contributed by atoms with Gasteiger partial charge >= 0.3 is 0 Å². The zero-order chi connectivity index (χ0) is 13.9. The molecule has 0 spiro atoms. The molecule has 2 nitrogen and oxygen atoms in total. The van der Waals surface area contributed by atoms with Crippen LogP contribution in [0.5, 0.6) is 0 Å². The van der Waals surface area contributed by atoms with Crippen LogP contribution in [0.15, 0.2) is 0 Å². The van der Waals surface area contributed by atoms with Gasteiger partial charge in [-0.05, 0) is 40.2 Å². The largest absolute Gasteiger partial charge is 0.374 e. The van der Waals surface area contributed by atoms with Crippen molar-refractivity contribution in [2.75, 3.05) is 13.2 Å². The molecule has 110 valence electrons. The van der Waals surface area contributed by atoms with E-state index in [1.54, 1.807) is 0 Å². The third-order valence-electron chi connectivity index (χ3n) is 3.59. The second-order valence-corrected chi connectivity index (χ2v) is 5.75. The van der Waals surface area contributed by atoms with E-state index in [4.69, 9.17) is 4.74 Å². The summed E-state index contributed by atoms with van der Waals surface area (Å²) >= 11 is 0. The lowest BCUT2D eigenvalue weighted by Crippen LogP contribution is -2.48. The van der Waals surface area contributed by atoms with Crippen LogP contribution >= 0.6 is 0 Å². The molecule has 0 aromatic carbocycles. The van der Waals surface area contributed by atoms with Crippen LogP contribution in [0.4, 0.5) is 0 Å². The van der Waals surface area contributed by atoms with Crippen LogP contribution in [0.2, 0.25) is 0 Å². The van der Waals surface area contributed by atoms with E-state index in [0.717, 1.165) is 13.2 Å². The summed E-state index contributed by atoms with van der Waals surface area (Å²) in [7, 11) is 0. The fraction of sp³-hybridized carbons (Fsp3) is 1.00. The monoisotopic (exact) mass is 257 g/mol. The standard InChI is InChI=1S/C16H35NO/c1-6-9-10-11-12-13-15(17-14-7-2)16(4,5)18-8-3/h15,17H,6-14H2,1-5H3. The van der Waals surface area contributed by atoms with Crippen LogP contribution in [-0.2, 0) is 4.74 Å². The van der Waals surface area contributed by atoms with Crippen molar-refractivity contribution in [2.45, 2.75) is 91.2 Å². The molecule has 0 aromatic rings. The van der Waals surface area contributed by atoms with Crippen LogP contribution in [0.3, 0.4) is 0 Å². The first-order chi connectivity index (χ1) is 8.58. The van der Waals surface area contributed by atoms with Crippen LogP contribution < -0.4 is 5.32 Å². The summed E-state index contributed by atoms with van der Waals surface area (Å²) in [5.41, 5.74) is -0.0469. The number of ether oxygens (including phenoxy) is 1. The molecule has 0 heterocycles. The summed E-state index contributed by atoms with van der Waals surface area (Å²) in [6.45, 7) is 12.9. The second-order valence-electron chi connectivity index (χ2n) is 5.75. The van der Waals surface area contributed by atoms with Gasteiger partial charge in [-0.3, -0.25) is 0 Å². The molecule has 0 rings (SSSR count). The van der Waals surface area contributed by atoms with Gasteiger partial charge in [0.1, 0.15) is 0 Å². The maximum Gasteiger partial charge on any atom is 0.0778 e. The Morgan fingerprint density at radius 1 is 0.944 bits per heavy atom. The number of unbranched alkanes of at least 4 members (excludes halogenated alkanes) is 4. The third kappa shape index (κ3) is 8.10. The Balaban J connectivity index is 4.05. The Labute approximate surface area is 115 Å². The molecule has 2 heteroatoms. The Hall–Kier alpha value is -0.0800. The van der Waals surface area contributed by atoms with Crippen molar-refractivity contribution in [1.29, 1.82) is 0 Å². The summed E-state index contributed by atoms with van der Waals surface area (Å²) in [5, 5.41) is 3.66. The predicted octanol–water partition coefficient (Wildman–Crippen LogP) is 4.53. The van der Waals surface area contributed by atoms with Gasteiger partial charge in [-0.25, -0.2) is 0 Å². The first-order valence-corrected chi connectivity index (χ1v) is 7.95. The van der Waals surface area contributed by atoms with Gasteiger partial charge in [0.25, 0.3) is 0 Å². The van der Waals surface area contributed by atoms with Gasteiger partial charge in [0.15, 0.2) is 0 Å². The van der Waals surface area contributed by atoms with E-state index in [0.29, 0.717) is 6.04 Å². The Kier molecular flexibility index (Phi) is 10.8. The minimum absolute atomic E-state index is 0.0469. The summed E-state index contributed by atoms with van der Waals surface area (Å²) in [4.78, 5) is 0. The third-order valence-corrected chi connectivity index (χ3v) is 3.59. The molecule has 0 aromatic heterocycles. The molecule has 0 saturated heterocycles. The summed E-state index contributed by atoms with van der Waals surface area (Å²) in [6.07, 6.45) is 9.18. The normalized spacial score (nSPS) is 13.8. The molecule has 0 aliphatic carbocycles. The molecule has 0 radical (unpaired) electrons. The van der Waals surface area contributed by atoms with Crippen LogP contribution in [-0.4, -0.2) is 24.8 Å². The molecule has 0 aliphatic heterocycles. The van der Waals surface area contributed by atoms with Crippen molar-refractivity contribution in [3.8, 4) is 0 Å². The smallest absolute Gasteiger partial charge is 0.0778 e. The quantitative estimate of drug-likeness (QED) is 0.519. The number of nitrogens with one attached hydrogen (secondary N) is 1.